The van der Waals surface area contributed by atoms with E-state index in [2.05, 4.69) is 54.6 Å². The number of anilines is 3. The van der Waals surface area contributed by atoms with Crippen LogP contribution in [0.1, 0.15) is 48.9 Å². The topological polar surface area (TPSA) is 138 Å². The highest BCUT2D eigenvalue weighted by Crippen LogP contribution is 2.36. The SMILES string of the molecule is CN(C)CCN1CCC(Nc2cc(Nc3ccnc(-c4cnn(S(=O)(=O)C5CC5)c4)n3)ncc2C(=O)C2CC2)CC1. The number of piperidine rings is 1. The number of aromatic nitrogens is 5. The smallest absolute Gasteiger partial charge is 0.256 e. The average molecular weight is 580 g/mol. The van der Waals surface area contributed by atoms with Crippen molar-refractivity contribution in [2.45, 2.75) is 49.8 Å². The van der Waals surface area contributed by atoms with Crippen LogP contribution < -0.4 is 10.6 Å². The fraction of sp³-hybridized carbons (Fsp3) is 0.536. The van der Waals surface area contributed by atoms with Crippen LogP contribution in [0.5, 0.6) is 0 Å². The van der Waals surface area contributed by atoms with Crippen LogP contribution >= 0.6 is 0 Å². The number of Topliss-reactive ketones (excluding diaryl/α,β-unsaturated/α-hetero) is 1. The molecule has 0 atom stereocenters. The first kappa shape index (κ1) is 27.7. The van der Waals surface area contributed by atoms with Crippen molar-refractivity contribution in [1.29, 1.82) is 0 Å². The quantitative estimate of drug-likeness (QED) is 0.306. The molecule has 2 aliphatic carbocycles. The monoisotopic (exact) mass is 579 g/mol. The third-order valence-electron chi connectivity index (χ3n) is 7.86. The summed E-state index contributed by atoms with van der Waals surface area (Å²) in [5, 5.41) is 10.6. The lowest BCUT2D eigenvalue weighted by atomic mass is 10.0. The van der Waals surface area contributed by atoms with Crippen LogP contribution in [0.4, 0.5) is 17.3 Å². The summed E-state index contributed by atoms with van der Waals surface area (Å²) in [5.41, 5.74) is 1.95. The zero-order chi connectivity index (χ0) is 28.6. The number of nitrogens with zero attached hydrogens (tertiary/aromatic N) is 7. The predicted octanol–water partition coefficient (Wildman–Crippen LogP) is 2.85. The van der Waals surface area contributed by atoms with Crippen molar-refractivity contribution in [3.8, 4) is 11.4 Å². The van der Waals surface area contributed by atoms with Crippen LogP contribution in [0, 0.1) is 5.92 Å². The van der Waals surface area contributed by atoms with Gasteiger partial charge in [-0.05, 0) is 58.7 Å². The highest BCUT2D eigenvalue weighted by atomic mass is 32.2. The Morgan fingerprint density at radius 3 is 2.54 bits per heavy atom. The molecule has 3 aliphatic rings. The first-order valence-corrected chi connectivity index (χ1v) is 15.8. The number of hydrogen-bond donors (Lipinski definition) is 2. The van der Waals surface area contributed by atoms with Crippen molar-refractivity contribution in [2.24, 2.45) is 5.92 Å². The molecule has 3 aromatic rings. The molecule has 2 saturated carbocycles. The maximum Gasteiger partial charge on any atom is 0.256 e. The molecule has 4 heterocycles. The summed E-state index contributed by atoms with van der Waals surface area (Å²) < 4.78 is 26.1. The molecule has 1 saturated heterocycles. The molecule has 6 rings (SSSR count). The summed E-state index contributed by atoms with van der Waals surface area (Å²) in [7, 11) is 0.729. The highest BCUT2D eigenvalue weighted by Gasteiger charge is 2.38. The van der Waals surface area contributed by atoms with Gasteiger partial charge in [-0.2, -0.15) is 9.19 Å². The average Bonchev–Trinajstić information content (AvgIpc) is 3.90. The molecule has 3 fully saturated rings. The Bertz CT molecular complexity index is 1510. The Morgan fingerprint density at radius 1 is 1.05 bits per heavy atom. The Balaban J connectivity index is 1.17. The van der Waals surface area contributed by atoms with Gasteiger partial charge >= 0.3 is 0 Å². The standard InChI is InChI=1S/C28H37N9O3S/c1-35(2)13-14-36-11-8-21(9-12-36)32-24-15-26(30-17-23(24)27(38)19-3-4-19)33-25-7-10-29-28(34-25)20-16-31-37(18-20)41(39,40)22-5-6-22/h7,10,15-19,21-22H,3-6,8-9,11-14H2,1-2H3,(H2,29,30,32,33,34). The molecule has 12 nitrogen and oxygen atoms in total. The Hall–Kier alpha value is -3.42. The van der Waals surface area contributed by atoms with Gasteiger partial charge in [0.2, 0.25) is 0 Å². The molecule has 1 aliphatic heterocycles. The van der Waals surface area contributed by atoms with Crippen molar-refractivity contribution < 1.29 is 13.2 Å². The second kappa shape index (κ2) is 11.5. The van der Waals surface area contributed by atoms with E-state index in [-0.39, 0.29) is 23.0 Å². The predicted molar refractivity (Wildman–Crippen MR) is 157 cm³/mol. The summed E-state index contributed by atoms with van der Waals surface area (Å²) in [4.78, 5) is 31.2. The van der Waals surface area contributed by atoms with Crippen LogP contribution in [0.2, 0.25) is 0 Å². The molecule has 0 spiro atoms. The molecule has 0 amide bonds. The lowest BCUT2D eigenvalue weighted by Crippen LogP contribution is -2.42. The fourth-order valence-corrected chi connectivity index (χ4v) is 6.52. The van der Waals surface area contributed by atoms with Gasteiger partial charge in [0.1, 0.15) is 11.6 Å². The van der Waals surface area contributed by atoms with Crippen molar-refractivity contribution in [3.63, 3.8) is 0 Å². The minimum Gasteiger partial charge on any atom is -0.381 e. The molecule has 0 unspecified atom stereocenters. The summed E-state index contributed by atoms with van der Waals surface area (Å²) in [6.45, 7) is 4.16. The second-order valence-corrected chi connectivity index (χ2v) is 13.6. The van der Waals surface area contributed by atoms with Crippen molar-refractivity contribution in [1.82, 2.24) is 33.9 Å². The van der Waals surface area contributed by atoms with E-state index in [1.807, 2.05) is 6.07 Å². The number of carbonyl (C=O) groups excluding carboxylic acids is 1. The Kier molecular flexibility index (Phi) is 7.75. The number of likely N-dealkylation sites (N-methyl/N-ethyl adjacent to an activating group) is 1. The van der Waals surface area contributed by atoms with Gasteiger partial charge in [-0.15, -0.1) is 0 Å². The number of likely N-dealkylation sites (tertiary alicyclic amines) is 1. The molecule has 3 aromatic heterocycles. The van der Waals surface area contributed by atoms with E-state index < -0.39 is 10.0 Å². The van der Waals surface area contributed by atoms with Crippen molar-refractivity contribution in [3.05, 3.63) is 42.5 Å². The van der Waals surface area contributed by atoms with Crippen LogP contribution in [0.25, 0.3) is 11.4 Å². The highest BCUT2D eigenvalue weighted by molar-refractivity contribution is 7.90. The van der Waals surface area contributed by atoms with E-state index in [0.717, 1.165) is 61.6 Å². The largest absolute Gasteiger partial charge is 0.381 e. The fourth-order valence-electron chi connectivity index (χ4n) is 5.04. The van der Waals surface area contributed by atoms with Crippen LogP contribution in [0.3, 0.4) is 0 Å². The van der Waals surface area contributed by atoms with Crippen LogP contribution in [-0.2, 0) is 10.0 Å². The Morgan fingerprint density at radius 2 is 1.83 bits per heavy atom. The first-order chi connectivity index (χ1) is 19.8. The van der Waals surface area contributed by atoms with Gasteiger partial charge in [0.15, 0.2) is 11.6 Å². The zero-order valence-corrected chi connectivity index (χ0v) is 24.3. The lowest BCUT2D eigenvalue weighted by molar-refractivity contribution is 0.0968. The van der Waals surface area contributed by atoms with E-state index >= 15 is 0 Å². The number of hydrogen-bond acceptors (Lipinski definition) is 11. The van der Waals surface area contributed by atoms with Gasteiger partial charge in [0.25, 0.3) is 10.0 Å². The molecule has 0 bridgehead atoms. The van der Waals surface area contributed by atoms with E-state index in [4.69, 9.17) is 0 Å². The number of ketones is 1. The van der Waals surface area contributed by atoms with E-state index in [9.17, 15) is 13.2 Å². The number of nitrogens with one attached hydrogen (secondary N) is 2. The summed E-state index contributed by atoms with van der Waals surface area (Å²) >= 11 is 0. The second-order valence-electron chi connectivity index (χ2n) is 11.6. The first-order valence-electron chi connectivity index (χ1n) is 14.3. The van der Waals surface area contributed by atoms with Crippen LogP contribution in [-0.4, -0.2) is 99.7 Å². The molecular weight excluding hydrogens is 542 g/mol. The van der Waals surface area contributed by atoms with Crippen molar-refractivity contribution in [2.75, 3.05) is 50.9 Å². The molecule has 41 heavy (non-hydrogen) atoms. The minimum atomic E-state index is -3.47. The van der Waals surface area contributed by atoms with Gasteiger partial charge in [-0.1, -0.05) is 0 Å². The third-order valence-corrected chi connectivity index (χ3v) is 9.90. The lowest BCUT2D eigenvalue weighted by Gasteiger charge is -2.33. The van der Waals surface area contributed by atoms with Gasteiger partial charge in [0.05, 0.1) is 34.5 Å². The van der Waals surface area contributed by atoms with E-state index in [0.29, 0.717) is 41.4 Å². The third kappa shape index (κ3) is 6.57. The molecule has 0 radical (unpaired) electrons. The number of pyridine rings is 1. The maximum atomic E-state index is 13.1. The summed E-state index contributed by atoms with van der Waals surface area (Å²) in [6, 6.07) is 3.88. The maximum absolute atomic E-state index is 13.1. The van der Waals surface area contributed by atoms with Gasteiger partial charge in [-0.3, -0.25) is 4.79 Å². The van der Waals surface area contributed by atoms with Gasteiger partial charge < -0.3 is 20.4 Å². The van der Waals surface area contributed by atoms with Gasteiger partial charge in [-0.25, -0.2) is 23.4 Å². The van der Waals surface area contributed by atoms with E-state index in [1.165, 1.54) is 12.4 Å². The number of rotatable bonds is 12. The molecule has 13 heteroatoms. The Labute approximate surface area is 240 Å². The van der Waals surface area contributed by atoms with Gasteiger partial charge in [0, 0.05) is 56.6 Å². The van der Waals surface area contributed by atoms with Crippen LogP contribution in [0.15, 0.2) is 36.9 Å². The summed E-state index contributed by atoms with van der Waals surface area (Å²) in [5.74, 6) is 1.66. The molecule has 218 valence electrons. The molecule has 2 N–H and O–H groups in total. The van der Waals surface area contributed by atoms with Crippen molar-refractivity contribution >= 4 is 33.1 Å². The van der Waals surface area contributed by atoms with E-state index in [1.54, 1.807) is 18.5 Å². The number of carbonyl (C=O) groups is 1. The zero-order valence-electron chi connectivity index (χ0n) is 23.5. The summed E-state index contributed by atoms with van der Waals surface area (Å²) in [6.07, 6.45) is 11.4. The molecule has 0 aromatic carbocycles. The molecular formula is C28H37N9O3S. The normalized spacial score (nSPS) is 18.5. The minimum absolute atomic E-state index is 0.0955.